The molecule has 7 nitrogen and oxygen atoms in total. The molecule has 2 unspecified atom stereocenters. The lowest BCUT2D eigenvalue weighted by molar-refractivity contribution is -0.308. The topological polar surface area (TPSA) is 65.1 Å². The fourth-order valence-corrected chi connectivity index (χ4v) is 6.10. The van der Waals surface area contributed by atoms with Gasteiger partial charge in [-0.15, -0.1) is 0 Å². The molecule has 3 fully saturated rings. The molecule has 0 radical (unpaired) electrons. The van der Waals surface area contributed by atoms with Crippen LogP contribution in [0.15, 0.2) is 23.3 Å². The van der Waals surface area contributed by atoms with E-state index >= 15 is 0 Å². The third kappa shape index (κ3) is 6.09. The van der Waals surface area contributed by atoms with E-state index in [0.717, 1.165) is 37.3 Å². The van der Waals surface area contributed by atoms with Gasteiger partial charge in [-0.2, -0.15) is 26.3 Å². The first-order valence-corrected chi connectivity index (χ1v) is 12.9. The standard InChI is InChI=1S/C24H31ClF6N4O3/c1-21(3-2-16(25)14-17(21)34-8-5-22(6-9-34)4-7-32-19(22)36)15-33-10-12-35(13-11-33)20(37)38-18(23(26,27)28)24(29,30)31/h2-3,14,17-18H,4-13,15H2,1H3,(H,32,36). The largest absolute Gasteiger partial charge is 0.434 e. The average molecular weight is 573 g/mol. The Morgan fingerprint density at radius 2 is 1.68 bits per heavy atom. The fraction of sp³-hybridized carbons (Fsp3) is 0.750. The third-order valence-corrected chi connectivity index (χ3v) is 8.40. The first kappa shape index (κ1) is 29.0. The van der Waals surface area contributed by atoms with Crippen molar-refractivity contribution in [1.82, 2.24) is 20.0 Å². The summed E-state index contributed by atoms with van der Waals surface area (Å²) in [5.41, 5.74) is -0.714. The highest BCUT2D eigenvalue weighted by Gasteiger charge is 2.60. The second kappa shape index (κ2) is 10.5. The van der Waals surface area contributed by atoms with Crippen molar-refractivity contribution in [3.8, 4) is 0 Å². The lowest BCUT2D eigenvalue weighted by Crippen LogP contribution is -2.57. The Hall–Kier alpha value is -1.99. The minimum Gasteiger partial charge on any atom is -0.426 e. The SMILES string of the molecule is CC1(CN2CCN(C(=O)OC(C(F)(F)F)C(F)(F)F)CC2)C=CC(Cl)=CC1N1CCC2(CCNC2=O)CC1. The Kier molecular flexibility index (Phi) is 8.04. The number of allylic oxidation sites excluding steroid dienone is 2. The van der Waals surface area contributed by atoms with Crippen molar-refractivity contribution in [1.29, 1.82) is 0 Å². The van der Waals surface area contributed by atoms with Crippen molar-refractivity contribution in [2.24, 2.45) is 10.8 Å². The van der Waals surface area contributed by atoms with Gasteiger partial charge in [0, 0.05) is 55.8 Å². The molecule has 0 aromatic heterocycles. The van der Waals surface area contributed by atoms with E-state index in [-0.39, 0.29) is 43.5 Å². The molecule has 0 bridgehead atoms. The van der Waals surface area contributed by atoms with Crippen molar-refractivity contribution >= 4 is 23.6 Å². The van der Waals surface area contributed by atoms with Gasteiger partial charge in [0.25, 0.3) is 6.10 Å². The number of alkyl halides is 6. The maximum atomic E-state index is 12.8. The van der Waals surface area contributed by atoms with Crippen LogP contribution in [0.3, 0.4) is 0 Å². The van der Waals surface area contributed by atoms with Gasteiger partial charge in [0.1, 0.15) is 0 Å². The van der Waals surface area contributed by atoms with Crippen molar-refractivity contribution in [2.75, 3.05) is 52.4 Å². The van der Waals surface area contributed by atoms with Gasteiger partial charge in [0.2, 0.25) is 5.91 Å². The lowest BCUT2D eigenvalue weighted by atomic mass is 9.73. The maximum Gasteiger partial charge on any atom is 0.434 e. The molecule has 214 valence electrons. The molecule has 3 heterocycles. The molecule has 4 aliphatic rings. The van der Waals surface area contributed by atoms with Gasteiger partial charge < -0.3 is 15.0 Å². The van der Waals surface area contributed by atoms with E-state index in [2.05, 4.69) is 21.9 Å². The minimum absolute atomic E-state index is 0.0656. The van der Waals surface area contributed by atoms with Gasteiger partial charge in [-0.3, -0.25) is 14.6 Å². The Balaban J connectivity index is 1.35. The van der Waals surface area contributed by atoms with Crippen molar-refractivity contribution in [3.05, 3.63) is 23.3 Å². The lowest BCUT2D eigenvalue weighted by Gasteiger charge is -2.49. The molecule has 38 heavy (non-hydrogen) atoms. The number of hydrogen-bond donors (Lipinski definition) is 1. The molecule has 3 saturated heterocycles. The number of carbonyl (C=O) groups is 2. The van der Waals surface area contributed by atoms with E-state index in [0.29, 0.717) is 18.1 Å². The zero-order valence-corrected chi connectivity index (χ0v) is 21.6. The van der Waals surface area contributed by atoms with Crippen LogP contribution in [0, 0.1) is 10.8 Å². The van der Waals surface area contributed by atoms with Gasteiger partial charge in [-0.1, -0.05) is 24.6 Å². The number of halogens is 7. The molecular weight excluding hydrogens is 542 g/mol. The van der Waals surface area contributed by atoms with Gasteiger partial charge in [-0.25, -0.2) is 4.79 Å². The van der Waals surface area contributed by atoms with Gasteiger partial charge in [-0.05, 0) is 44.5 Å². The van der Waals surface area contributed by atoms with Crippen molar-refractivity contribution in [2.45, 2.75) is 50.7 Å². The van der Waals surface area contributed by atoms with Gasteiger partial charge in [0.15, 0.2) is 0 Å². The summed E-state index contributed by atoms with van der Waals surface area (Å²) < 4.78 is 80.4. The Morgan fingerprint density at radius 1 is 1.08 bits per heavy atom. The molecule has 0 saturated carbocycles. The number of likely N-dealkylation sites (tertiary alicyclic amines) is 1. The first-order chi connectivity index (χ1) is 17.6. The first-order valence-electron chi connectivity index (χ1n) is 12.5. The number of piperazine rings is 1. The summed E-state index contributed by atoms with van der Waals surface area (Å²) in [7, 11) is 0. The number of carbonyl (C=O) groups excluding carboxylic acids is 2. The number of ether oxygens (including phenoxy) is 1. The molecule has 1 spiro atoms. The monoisotopic (exact) mass is 572 g/mol. The molecule has 3 aliphatic heterocycles. The molecule has 2 atom stereocenters. The Bertz CT molecular complexity index is 957. The summed E-state index contributed by atoms with van der Waals surface area (Å²) >= 11 is 6.36. The summed E-state index contributed by atoms with van der Waals surface area (Å²) in [5, 5.41) is 3.53. The Labute approximate surface area is 221 Å². The highest BCUT2D eigenvalue weighted by molar-refractivity contribution is 6.31. The predicted octanol–water partition coefficient (Wildman–Crippen LogP) is 3.90. The molecule has 4 rings (SSSR count). The summed E-state index contributed by atoms with van der Waals surface area (Å²) in [5.74, 6) is 0.116. The number of nitrogens with zero attached hydrogens (tertiary/aromatic N) is 3. The molecule has 0 aromatic rings. The van der Waals surface area contributed by atoms with Gasteiger partial charge in [0.05, 0.1) is 5.41 Å². The van der Waals surface area contributed by atoms with E-state index < -0.39 is 30.0 Å². The van der Waals surface area contributed by atoms with Crippen LogP contribution in [-0.4, -0.2) is 104 Å². The maximum absolute atomic E-state index is 12.8. The second-order valence-corrected chi connectivity index (χ2v) is 11.2. The summed E-state index contributed by atoms with van der Waals surface area (Å²) in [4.78, 5) is 29.7. The highest BCUT2D eigenvalue weighted by Crippen LogP contribution is 2.42. The molecule has 2 amide bonds. The van der Waals surface area contributed by atoms with Crippen LogP contribution in [-0.2, 0) is 9.53 Å². The fourth-order valence-electron chi connectivity index (χ4n) is 5.92. The summed E-state index contributed by atoms with van der Waals surface area (Å²) in [6, 6.07) is -0.0656. The zero-order valence-electron chi connectivity index (χ0n) is 20.9. The predicted molar refractivity (Wildman–Crippen MR) is 126 cm³/mol. The van der Waals surface area contributed by atoms with Gasteiger partial charge >= 0.3 is 18.4 Å². The number of amides is 2. The number of rotatable bonds is 4. The highest BCUT2D eigenvalue weighted by atomic mass is 35.5. The third-order valence-electron chi connectivity index (χ3n) is 8.14. The van der Waals surface area contributed by atoms with Crippen LogP contribution in [0.1, 0.15) is 26.2 Å². The Morgan fingerprint density at radius 3 is 2.21 bits per heavy atom. The molecule has 1 N–H and O–H groups in total. The number of nitrogens with one attached hydrogen (secondary N) is 1. The quantitative estimate of drug-likeness (QED) is 0.518. The van der Waals surface area contributed by atoms with Crippen molar-refractivity contribution < 1.29 is 40.7 Å². The summed E-state index contributed by atoms with van der Waals surface area (Å²) in [6.07, 6.45) is -9.17. The number of piperidine rings is 1. The average Bonchev–Trinajstić information content (AvgIpc) is 3.18. The van der Waals surface area contributed by atoms with E-state index in [9.17, 15) is 35.9 Å². The summed E-state index contributed by atoms with van der Waals surface area (Å²) in [6.45, 7) is 5.13. The van der Waals surface area contributed by atoms with Crippen LogP contribution in [0.4, 0.5) is 31.1 Å². The van der Waals surface area contributed by atoms with Crippen LogP contribution in [0.5, 0.6) is 0 Å². The van der Waals surface area contributed by atoms with Crippen LogP contribution in [0.25, 0.3) is 0 Å². The second-order valence-electron chi connectivity index (χ2n) is 10.8. The van der Waals surface area contributed by atoms with Crippen LogP contribution < -0.4 is 5.32 Å². The van der Waals surface area contributed by atoms with E-state index in [4.69, 9.17) is 11.6 Å². The number of hydrogen-bond acceptors (Lipinski definition) is 5. The molecule has 14 heteroatoms. The smallest absolute Gasteiger partial charge is 0.426 e. The van der Waals surface area contributed by atoms with Crippen LogP contribution in [0.2, 0.25) is 0 Å². The minimum atomic E-state index is -5.75. The van der Waals surface area contributed by atoms with E-state index in [1.165, 1.54) is 0 Å². The van der Waals surface area contributed by atoms with Crippen molar-refractivity contribution in [3.63, 3.8) is 0 Å². The normalized spacial score (nSPS) is 29.1. The molecule has 0 aromatic carbocycles. The molecular formula is C24H31ClF6N4O3. The molecule has 1 aliphatic carbocycles. The zero-order chi connectivity index (χ0) is 27.9. The van der Waals surface area contributed by atoms with E-state index in [1.807, 2.05) is 23.1 Å². The van der Waals surface area contributed by atoms with Crippen LogP contribution >= 0.6 is 11.6 Å². The van der Waals surface area contributed by atoms with E-state index in [1.54, 1.807) is 0 Å².